The van der Waals surface area contributed by atoms with Crippen molar-refractivity contribution >= 4 is 15.7 Å². The van der Waals surface area contributed by atoms with Gasteiger partial charge in [-0.3, -0.25) is 4.79 Å². The van der Waals surface area contributed by atoms with Gasteiger partial charge in [0.2, 0.25) is 5.91 Å². The van der Waals surface area contributed by atoms with E-state index in [2.05, 4.69) is 10.6 Å². The predicted octanol–water partition coefficient (Wildman–Crippen LogP) is 1.26. The van der Waals surface area contributed by atoms with Crippen molar-refractivity contribution in [1.29, 1.82) is 0 Å². The molecule has 2 rings (SSSR count). The number of hydrogen-bond donors (Lipinski definition) is 2. The number of nitrogens with one attached hydrogen (secondary N) is 2. The van der Waals surface area contributed by atoms with Crippen molar-refractivity contribution in [1.82, 2.24) is 10.6 Å². The van der Waals surface area contributed by atoms with Gasteiger partial charge in [-0.05, 0) is 55.6 Å². The minimum Gasteiger partial charge on any atom is -0.348 e. The molecule has 0 atom stereocenters. The Kier molecular flexibility index (Phi) is 5.74. The van der Waals surface area contributed by atoms with Gasteiger partial charge in [-0.1, -0.05) is 18.2 Å². The quantitative estimate of drug-likeness (QED) is 0.800. The summed E-state index contributed by atoms with van der Waals surface area (Å²) in [5.74, 6) is 0.353. The average Bonchev–Trinajstić information content (AvgIpc) is 2.51. The van der Waals surface area contributed by atoms with E-state index in [1.807, 2.05) is 6.08 Å². The Morgan fingerprint density at radius 3 is 2.50 bits per heavy atom. The van der Waals surface area contributed by atoms with Crippen LogP contribution in [0.4, 0.5) is 0 Å². The summed E-state index contributed by atoms with van der Waals surface area (Å²) in [6.07, 6.45) is 6.88. The van der Waals surface area contributed by atoms with E-state index in [0.29, 0.717) is 12.5 Å². The first-order valence-corrected chi connectivity index (χ1v) is 9.30. The summed E-state index contributed by atoms with van der Waals surface area (Å²) in [6.45, 7) is 2.39. The average molecular weight is 322 g/mol. The SMILES string of the molecule is CS(=O)(=O)c1ccc(CNC(=O)C=CC2CCNCC2)cc1. The summed E-state index contributed by atoms with van der Waals surface area (Å²) in [5, 5.41) is 6.09. The van der Waals surface area contributed by atoms with Crippen LogP contribution in [0.15, 0.2) is 41.3 Å². The lowest BCUT2D eigenvalue weighted by molar-refractivity contribution is -0.116. The van der Waals surface area contributed by atoms with Gasteiger partial charge in [-0.25, -0.2) is 8.42 Å². The van der Waals surface area contributed by atoms with Gasteiger partial charge in [0.1, 0.15) is 0 Å². The van der Waals surface area contributed by atoms with Crippen molar-refractivity contribution in [2.24, 2.45) is 5.92 Å². The number of sulfone groups is 1. The minimum absolute atomic E-state index is 0.120. The Labute approximate surface area is 131 Å². The summed E-state index contributed by atoms with van der Waals surface area (Å²) >= 11 is 0. The molecule has 0 aromatic heterocycles. The van der Waals surface area contributed by atoms with Crippen LogP contribution in [0.1, 0.15) is 18.4 Å². The van der Waals surface area contributed by atoms with Crippen molar-refractivity contribution in [3.05, 3.63) is 42.0 Å². The molecule has 5 nitrogen and oxygen atoms in total. The van der Waals surface area contributed by atoms with Gasteiger partial charge in [0.15, 0.2) is 9.84 Å². The Morgan fingerprint density at radius 1 is 1.27 bits per heavy atom. The molecule has 0 aliphatic carbocycles. The third-order valence-corrected chi connectivity index (χ3v) is 4.85. The molecule has 0 unspecified atom stereocenters. The molecule has 1 aromatic carbocycles. The first-order valence-electron chi connectivity index (χ1n) is 7.41. The van der Waals surface area contributed by atoms with Crippen LogP contribution in [0.5, 0.6) is 0 Å². The van der Waals surface area contributed by atoms with Gasteiger partial charge >= 0.3 is 0 Å². The van der Waals surface area contributed by atoms with E-state index < -0.39 is 9.84 Å². The van der Waals surface area contributed by atoms with Gasteiger partial charge in [-0.15, -0.1) is 0 Å². The lowest BCUT2D eigenvalue weighted by atomic mass is 9.98. The van der Waals surface area contributed by atoms with Gasteiger partial charge in [0.05, 0.1) is 4.90 Å². The van der Waals surface area contributed by atoms with Gasteiger partial charge in [0, 0.05) is 12.8 Å². The molecule has 1 aliphatic heterocycles. The van der Waals surface area contributed by atoms with Crippen LogP contribution >= 0.6 is 0 Å². The van der Waals surface area contributed by atoms with Gasteiger partial charge in [-0.2, -0.15) is 0 Å². The number of carbonyl (C=O) groups is 1. The van der Waals surface area contributed by atoms with Crippen LogP contribution in [-0.2, 0) is 21.2 Å². The number of allylic oxidation sites excluding steroid dienone is 1. The van der Waals surface area contributed by atoms with E-state index in [0.717, 1.165) is 31.5 Å². The second kappa shape index (κ2) is 7.56. The van der Waals surface area contributed by atoms with Gasteiger partial charge in [0.25, 0.3) is 0 Å². The molecule has 1 fully saturated rings. The third-order valence-electron chi connectivity index (χ3n) is 3.72. The maximum atomic E-state index is 11.8. The predicted molar refractivity (Wildman–Crippen MR) is 86.1 cm³/mol. The Hall–Kier alpha value is -1.66. The molecule has 1 aromatic rings. The summed E-state index contributed by atoms with van der Waals surface area (Å²) in [4.78, 5) is 12.1. The summed E-state index contributed by atoms with van der Waals surface area (Å²) in [7, 11) is -3.18. The van der Waals surface area contributed by atoms with E-state index in [1.54, 1.807) is 30.3 Å². The fraction of sp³-hybridized carbons (Fsp3) is 0.438. The number of rotatable bonds is 5. The van der Waals surface area contributed by atoms with Crippen LogP contribution < -0.4 is 10.6 Å². The molecule has 0 spiro atoms. The van der Waals surface area contributed by atoms with Crippen LogP contribution in [-0.4, -0.2) is 33.7 Å². The Morgan fingerprint density at radius 2 is 1.91 bits per heavy atom. The smallest absolute Gasteiger partial charge is 0.243 e. The molecular formula is C16H22N2O3S. The molecular weight excluding hydrogens is 300 g/mol. The molecule has 0 bridgehead atoms. The Balaban J connectivity index is 1.82. The normalized spacial score (nSPS) is 16.8. The summed E-state index contributed by atoms with van der Waals surface area (Å²) in [5.41, 5.74) is 0.871. The van der Waals surface area contributed by atoms with E-state index >= 15 is 0 Å². The first-order chi connectivity index (χ1) is 10.4. The van der Waals surface area contributed by atoms with Crippen molar-refractivity contribution in [3.63, 3.8) is 0 Å². The molecule has 6 heteroatoms. The molecule has 0 saturated carbocycles. The number of hydrogen-bond acceptors (Lipinski definition) is 4. The minimum atomic E-state index is -3.18. The maximum absolute atomic E-state index is 11.8. The number of carbonyl (C=O) groups excluding carboxylic acids is 1. The second-order valence-corrected chi connectivity index (χ2v) is 7.60. The maximum Gasteiger partial charge on any atom is 0.243 e. The highest BCUT2D eigenvalue weighted by atomic mass is 32.2. The largest absolute Gasteiger partial charge is 0.348 e. The fourth-order valence-corrected chi connectivity index (χ4v) is 2.99. The zero-order valence-corrected chi connectivity index (χ0v) is 13.5. The molecule has 2 N–H and O–H groups in total. The van der Waals surface area contributed by atoms with Crippen molar-refractivity contribution in [2.75, 3.05) is 19.3 Å². The molecule has 1 aliphatic rings. The topological polar surface area (TPSA) is 75.3 Å². The van der Waals surface area contributed by atoms with Crippen molar-refractivity contribution < 1.29 is 13.2 Å². The number of amides is 1. The highest BCUT2D eigenvalue weighted by Gasteiger charge is 2.10. The van der Waals surface area contributed by atoms with E-state index in [9.17, 15) is 13.2 Å². The highest BCUT2D eigenvalue weighted by Crippen LogP contribution is 2.13. The Bertz CT molecular complexity index is 630. The van der Waals surface area contributed by atoms with Crippen LogP contribution in [0, 0.1) is 5.92 Å². The molecule has 1 amide bonds. The molecule has 120 valence electrons. The zero-order chi connectivity index (χ0) is 16.0. The zero-order valence-electron chi connectivity index (χ0n) is 12.7. The van der Waals surface area contributed by atoms with Crippen LogP contribution in [0.3, 0.4) is 0 Å². The lowest BCUT2D eigenvalue weighted by Crippen LogP contribution is -2.27. The second-order valence-electron chi connectivity index (χ2n) is 5.58. The van der Waals surface area contributed by atoms with E-state index in [1.165, 1.54) is 6.26 Å². The third kappa shape index (κ3) is 5.27. The van der Waals surface area contributed by atoms with Gasteiger partial charge < -0.3 is 10.6 Å². The van der Waals surface area contributed by atoms with Crippen LogP contribution in [0.25, 0.3) is 0 Å². The van der Waals surface area contributed by atoms with Crippen molar-refractivity contribution in [2.45, 2.75) is 24.3 Å². The van der Waals surface area contributed by atoms with Crippen molar-refractivity contribution in [3.8, 4) is 0 Å². The fourth-order valence-electron chi connectivity index (χ4n) is 2.36. The molecule has 22 heavy (non-hydrogen) atoms. The molecule has 1 heterocycles. The highest BCUT2D eigenvalue weighted by molar-refractivity contribution is 7.90. The number of piperidine rings is 1. The monoisotopic (exact) mass is 322 g/mol. The van der Waals surface area contributed by atoms with E-state index in [-0.39, 0.29) is 10.8 Å². The lowest BCUT2D eigenvalue weighted by Gasteiger charge is -2.18. The summed E-state index contributed by atoms with van der Waals surface area (Å²) < 4.78 is 22.7. The summed E-state index contributed by atoms with van der Waals surface area (Å²) in [6, 6.07) is 6.55. The van der Waals surface area contributed by atoms with E-state index in [4.69, 9.17) is 0 Å². The molecule has 0 radical (unpaired) electrons. The molecule has 1 saturated heterocycles. The standard InChI is InChI=1S/C16H22N2O3S/c1-22(20,21)15-5-2-14(3-6-15)12-18-16(19)7-4-13-8-10-17-11-9-13/h2-7,13,17H,8-12H2,1H3,(H,18,19). The first kappa shape index (κ1) is 16.7. The number of benzene rings is 1. The van der Waals surface area contributed by atoms with Crippen LogP contribution in [0.2, 0.25) is 0 Å².